The number of ether oxygens (including phenoxy) is 2. The number of anilines is 1. The molecule has 1 aliphatic carbocycles. The highest BCUT2D eigenvalue weighted by molar-refractivity contribution is 5.82. The SMILES string of the molecule is CC[C@]12C=CCN3CC[C@@]4(c5ccc(OC)cc5N(C)[C@H]4[C@@](O)(CNC(=O)C(F)(F)F)[C@@H]1OC(C)=O)C32. The Labute approximate surface area is 213 Å². The second-order valence-electron chi connectivity index (χ2n) is 10.6. The van der Waals surface area contributed by atoms with Crippen LogP contribution in [0.25, 0.3) is 0 Å². The third-order valence-corrected chi connectivity index (χ3v) is 9.01. The van der Waals surface area contributed by atoms with Crippen molar-refractivity contribution in [2.45, 2.75) is 62.1 Å². The summed E-state index contributed by atoms with van der Waals surface area (Å²) >= 11 is 0. The van der Waals surface area contributed by atoms with E-state index in [1.54, 1.807) is 14.2 Å². The predicted octanol–water partition coefficient (Wildman–Crippen LogP) is 2.15. The molecule has 5 rings (SSSR count). The molecule has 2 fully saturated rings. The van der Waals surface area contributed by atoms with E-state index < -0.39 is 53.2 Å². The fourth-order valence-electron chi connectivity index (χ4n) is 7.97. The van der Waals surface area contributed by atoms with Crippen LogP contribution in [0.15, 0.2) is 30.4 Å². The summed E-state index contributed by atoms with van der Waals surface area (Å²) in [7, 11) is 3.33. The van der Waals surface area contributed by atoms with Crippen molar-refractivity contribution in [2.24, 2.45) is 5.41 Å². The van der Waals surface area contributed by atoms with E-state index in [1.807, 2.05) is 47.5 Å². The lowest BCUT2D eigenvalue weighted by molar-refractivity contribution is -0.219. The van der Waals surface area contributed by atoms with Crippen LogP contribution >= 0.6 is 0 Å². The number of nitrogens with one attached hydrogen (secondary N) is 1. The topological polar surface area (TPSA) is 91.3 Å². The number of carbonyl (C=O) groups excluding carboxylic acids is 2. The van der Waals surface area contributed by atoms with Crippen molar-refractivity contribution in [3.63, 3.8) is 0 Å². The van der Waals surface area contributed by atoms with Crippen molar-refractivity contribution in [2.75, 3.05) is 38.7 Å². The van der Waals surface area contributed by atoms with Gasteiger partial charge >= 0.3 is 18.1 Å². The molecular formula is C26H32F3N3O5. The summed E-state index contributed by atoms with van der Waals surface area (Å²) in [5, 5.41) is 14.5. The van der Waals surface area contributed by atoms with Crippen molar-refractivity contribution in [1.29, 1.82) is 0 Å². The Morgan fingerprint density at radius 3 is 2.62 bits per heavy atom. The van der Waals surface area contributed by atoms with Crippen LogP contribution in [-0.4, -0.2) is 85.6 Å². The van der Waals surface area contributed by atoms with Gasteiger partial charge in [0.25, 0.3) is 0 Å². The minimum atomic E-state index is -5.13. The molecule has 6 atom stereocenters. The van der Waals surface area contributed by atoms with Gasteiger partial charge in [-0.05, 0) is 31.0 Å². The van der Waals surface area contributed by atoms with E-state index in [0.717, 1.165) is 11.3 Å². The van der Waals surface area contributed by atoms with Crippen LogP contribution in [0.3, 0.4) is 0 Å². The number of hydrogen-bond donors (Lipinski definition) is 2. The molecule has 3 aliphatic heterocycles. The molecule has 4 aliphatic rings. The van der Waals surface area contributed by atoms with Crippen LogP contribution in [-0.2, 0) is 19.7 Å². The maximum atomic E-state index is 13.2. The van der Waals surface area contributed by atoms with Gasteiger partial charge in [0.2, 0.25) is 0 Å². The molecule has 1 saturated heterocycles. The van der Waals surface area contributed by atoms with Gasteiger partial charge in [0.05, 0.1) is 19.7 Å². The number of carbonyl (C=O) groups is 2. The number of alkyl halides is 3. The monoisotopic (exact) mass is 523 g/mol. The van der Waals surface area contributed by atoms with Crippen LogP contribution in [0, 0.1) is 5.41 Å². The Balaban J connectivity index is 1.76. The molecule has 1 aromatic rings. The summed E-state index contributed by atoms with van der Waals surface area (Å²) in [5.74, 6) is -2.21. The number of esters is 1. The number of amides is 1. The zero-order valence-electron chi connectivity index (χ0n) is 21.3. The zero-order valence-corrected chi connectivity index (χ0v) is 21.3. The molecule has 1 aromatic carbocycles. The van der Waals surface area contributed by atoms with Crippen LogP contribution < -0.4 is 15.0 Å². The van der Waals surface area contributed by atoms with Gasteiger partial charge in [-0.3, -0.25) is 14.5 Å². The molecule has 3 heterocycles. The van der Waals surface area contributed by atoms with E-state index >= 15 is 0 Å². The maximum Gasteiger partial charge on any atom is 0.471 e. The normalized spacial score (nSPS) is 36.0. The Bertz CT molecular complexity index is 1160. The molecule has 1 unspecified atom stereocenters. The lowest BCUT2D eigenvalue weighted by Gasteiger charge is -2.64. The summed E-state index contributed by atoms with van der Waals surface area (Å²) in [6.07, 6.45) is -1.31. The molecule has 0 radical (unpaired) electrons. The molecule has 1 saturated carbocycles. The van der Waals surface area contributed by atoms with Crippen molar-refractivity contribution in [3.05, 3.63) is 35.9 Å². The number of methoxy groups -OCH3 is 1. The largest absolute Gasteiger partial charge is 0.497 e. The Hall–Kier alpha value is -2.79. The average molecular weight is 524 g/mol. The molecule has 0 bridgehead atoms. The van der Waals surface area contributed by atoms with Gasteiger partial charge in [-0.25, -0.2) is 0 Å². The van der Waals surface area contributed by atoms with E-state index in [4.69, 9.17) is 9.47 Å². The van der Waals surface area contributed by atoms with Gasteiger partial charge in [0.15, 0.2) is 0 Å². The molecule has 1 spiro atoms. The smallest absolute Gasteiger partial charge is 0.471 e. The molecule has 8 nitrogen and oxygen atoms in total. The fourth-order valence-corrected chi connectivity index (χ4v) is 7.97. The number of hydrogen-bond acceptors (Lipinski definition) is 7. The highest BCUT2D eigenvalue weighted by Crippen LogP contribution is 2.67. The second kappa shape index (κ2) is 8.36. The van der Waals surface area contributed by atoms with E-state index in [9.17, 15) is 27.9 Å². The van der Waals surface area contributed by atoms with E-state index in [-0.39, 0.29) is 6.04 Å². The summed E-state index contributed by atoms with van der Waals surface area (Å²) < 4.78 is 51.0. The van der Waals surface area contributed by atoms with Crippen LogP contribution in [0.2, 0.25) is 0 Å². The minimum Gasteiger partial charge on any atom is -0.497 e. The number of fused-ring (bicyclic) bond motifs is 1. The first-order valence-electron chi connectivity index (χ1n) is 12.4. The summed E-state index contributed by atoms with van der Waals surface area (Å²) in [6.45, 7) is 3.78. The first-order valence-corrected chi connectivity index (χ1v) is 12.4. The quantitative estimate of drug-likeness (QED) is 0.452. The van der Waals surface area contributed by atoms with Gasteiger partial charge < -0.3 is 24.8 Å². The van der Waals surface area contributed by atoms with E-state index in [2.05, 4.69) is 4.90 Å². The molecule has 202 valence electrons. The third kappa shape index (κ3) is 3.35. The van der Waals surface area contributed by atoms with E-state index in [1.165, 1.54) is 6.92 Å². The lowest BCUT2D eigenvalue weighted by atomic mass is 9.47. The Kier molecular flexibility index (Phi) is 5.84. The van der Waals surface area contributed by atoms with Gasteiger partial charge in [0, 0.05) is 49.1 Å². The van der Waals surface area contributed by atoms with Gasteiger partial charge in [-0.1, -0.05) is 25.1 Å². The third-order valence-electron chi connectivity index (χ3n) is 9.01. The van der Waals surface area contributed by atoms with E-state index in [0.29, 0.717) is 31.7 Å². The molecule has 2 N–H and O–H groups in total. The zero-order chi connectivity index (χ0) is 27.0. The van der Waals surface area contributed by atoms with Crippen LogP contribution in [0.1, 0.15) is 32.3 Å². The van der Waals surface area contributed by atoms with Gasteiger partial charge in [0.1, 0.15) is 17.5 Å². The van der Waals surface area contributed by atoms with Crippen molar-refractivity contribution in [3.8, 4) is 5.75 Å². The summed E-state index contributed by atoms with van der Waals surface area (Å²) in [4.78, 5) is 28.5. The van der Waals surface area contributed by atoms with Gasteiger partial charge in [-0.15, -0.1) is 0 Å². The standard InChI is InChI=1S/C26H32F3N3O5/c1-5-23-9-6-11-32-12-10-24(19(23)32)17-8-7-16(36-4)13-18(17)31(3)20(24)25(35,21(23)37-15(2)33)14-30-22(34)26(27,28)29/h6-9,13,19-21,35H,5,10-12,14H2,1-4H3,(H,30,34)/t19?,20-,21-,23-,24-,25+/m1/s1. The fraction of sp³-hybridized carbons (Fsp3) is 0.615. The van der Waals surface area contributed by atoms with Crippen molar-refractivity contribution >= 4 is 17.6 Å². The maximum absolute atomic E-state index is 13.2. The highest BCUT2D eigenvalue weighted by Gasteiger charge is 2.77. The molecule has 37 heavy (non-hydrogen) atoms. The minimum absolute atomic E-state index is 0.194. The van der Waals surface area contributed by atoms with Crippen molar-refractivity contribution in [1.82, 2.24) is 10.2 Å². The molecule has 0 aromatic heterocycles. The number of nitrogens with zero attached hydrogens (tertiary/aromatic N) is 2. The highest BCUT2D eigenvalue weighted by atomic mass is 19.4. The van der Waals surface area contributed by atoms with Crippen LogP contribution in [0.5, 0.6) is 5.75 Å². The Morgan fingerprint density at radius 2 is 2.00 bits per heavy atom. The molecule has 11 heteroatoms. The molecular weight excluding hydrogens is 491 g/mol. The molecule has 1 amide bonds. The van der Waals surface area contributed by atoms with Crippen molar-refractivity contribution < 1.29 is 37.3 Å². The summed E-state index contributed by atoms with van der Waals surface area (Å²) in [6, 6.07) is 4.68. The van der Waals surface area contributed by atoms with Gasteiger partial charge in [-0.2, -0.15) is 13.2 Å². The number of rotatable bonds is 5. The predicted molar refractivity (Wildman–Crippen MR) is 128 cm³/mol. The summed E-state index contributed by atoms with van der Waals surface area (Å²) in [5.41, 5.74) is -1.92. The second-order valence-corrected chi connectivity index (χ2v) is 10.6. The first kappa shape index (κ1) is 25.8. The average Bonchev–Trinajstić information content (AvgIpc) is 3.36. The number of aliphatic hydroxyl groups is 1. The Morgan fingerprint density at radius 1 is 1.27 bits per heavy atom. The number of halogens is 3. The van der Waals surface area contributed by atoms with Crippen LogP contribution in [0.4, 0.5) is 18.9 Å². The first-order chi connectivity index (χ1) is 17.4. The number of benzene rings is 1. The lowest BCUT2D eigenvalue weighted by Crippen LogP contribution is -2.81. The number of likely N-dealkylation sites (N-methyl/N-ethyl adjacent to an activating group) is 1.